The third-order valence-corrected chi connectivity index (χ3v) is 3.62. The van der Waals surface area contributed by atoms with Gasteiger partial charge in [0.15, 0.2) is 4.60 Å². The number of hydrogen-bond donors (Lipinski definition) is 1. The van der Waals surface area contributed by atoms with E-state index in [-0.39, 0.29) is 0 Å². The van der Waals surface area contributed by atoms with Crippen molar-refractivity contribution < 1.29 is 0 Å². The highest BCUT2D eigenvalue weighted by Crippen LogP contribution is 2.38. The molecule has 4 nitrogen and oxygen atoms in total. The maximum atomic E-state index is 4.02. The summed E-state index contributed by atoms with van der Waals surface area (Å²) in [5.74, 6) is 0.744. The fourth-order valence-electron chi connectivity index (χ4n) is 2.04. The molecule has 0 bridgehead atoms. The van der Waals surface area contributed by atoms with Crippen molar-refractivity contribution in [2.75, 3.05) is 7.05 Å². The van der Waals surface area contributed by atoms with Crippen molar-refractivity contribution in [1.29, 1.82) is 0 Å². The summed E-state index contributed by atoms with van der Waals surface area (Å²) in [6, 6.07) is 0.387. The smallest absolute Gasteiger partial charge is 0.153 e. The molecule has 0 aromatic carbocycles. The van der Waals surface area contributed by atoms with Gasteiger partial charge >= 0.3 is 0 Å². The van der Waals surface area contributed by atoms with E-state index in [4.69, 9.17) is 0 Å². The van der Waals surface area contributed by atoms with Crippen LogP contribution in [0.4, 0.5) is 0 Å². The quantitative estimate of drug-likeness (QED) is 0.897. The molecule has 1 N–H and O–H groups in total. The molecular weight excluding hydrogens is 244 g/mol. The van der Waals surface area contributed by atoms with E-state index in [1.807, 2.05) is 18.8 Å². The summed E-state index contributed by atoms with van der Waals surface area (Å²) >= 11 is 3.45. The second-order valence-corrected chi connectivity index (χ2v) is 4.60. The Bertz CT molecular complexity index is 299. The number of hydrogen-bond acceptors (Lipinski definition) is 3. The lowest BCUT2D eigenvalue weighted by atomic mass is 9.78. The molecule has 1 saturated carbocycles. The summed E-state index contributed by atoms with van der Waals surface area (Å²) in [5.41, 5.74) is 1.16. The van der Waals surface area contributed by atoms with Crippen LogP contribution in [0.2, 0.25) is 0 Å². The Hall–Kier alpha value is -0.420. The maximum Gasteiger partial charge on any atom is 0.153 e. The van der Waals surface area contributed by atoms with Gasteiger partial charge in [0, 0.05) is 7.05 Å². The molecule has 1 heterocycles. The molecule has 2 rings (SSSR count). The van der Waals surface area contributed by atoms with Gasteiger partial charge in [0.1, 0.15) is 0 Å². The van der Waals surface area contributed by atoms with Gasteiger partial charge in [0.2, 0.25) is 0 Å². The van der Waals surface area contributed by atoms with Crippen LogP contribution in [0.1, 0.15) is 31.0 Å². The zero-order chi connectivity index (χ0) is 10.1. The van der Waals surface area contributed by atoms with E-state index in [1.54, 1.807) is 0 Å². The van der Waals surface area contributed by atoms with Crippen molar-refractivity contribution in [1.82, 2.24) is 20.3 Å². The zero-order valence-electron chi connectivity index (χ0n) is 8.50. The molecule has 78 valence electrons. The van der Waals surface area contributed by atoms with Crippen molar-refractivity contribution in [2.24, 2.45) is 13.0 Å². The SMILES string of the molecule is CNC(c1c(Br)nnn1C)C1CCC1. The number of nitrogens with zero attached hydrogens (tertiary/aromatic N) is 3. The van der Waals surface area contributed by atoms with E-state index < -0.39 is 0 Å². The monoisotopic (exact) mass is 258 g/mol. The first kappa shape index (κ1) is 10.1. The molecule has 1 fully saturated rings. The Morgan fingerprint density at radius 2 is 2.29 bits per heavy atom. The first-order chi connectivity index (χ1) is 6.74. The van der Waals surface area contributed by atoms with Crippen molar-refractivity contribution in [2.45, 2.75) is 25.3 Å². The largest absolute Gasteiger partial charge is 0.311 e. The lowest BCUT2D eigenvalue weighted by molar-refractivity contribution is 0.231. The lowest BCUT2D eigenvalue weighted by Gasteiger charge is -2.33. The van der Waals surface area contributed by atoms with Crippen molar-refractivity contribution in [3.05, 3.63) is 10.3 Å². The van der Waals surface area contributed by atoms with Crippen LogP contribution in [-0.4, -0.2) is 22.0 Å². The molecule has 1 aliphatic carbocycles. The van der Waals surface area contributed by atoms with E-state index in [0.717, 1.165) is 16.2 Å². The second kappa shape index (κ2) is 3.98. The molecular formula is C9H15BrN4. The van der Waals surface area contributed by atoms with Crippen LogP contribution in [0.5, 0.6) is 0 Å². The molecule has 0 radical (unpaired) electrons. The third-order valence-electron chi connectivity index (χ3n) is 3.05. The zero-order valence-corrected chi connectivity index (χ0v) is 10.1. The maximum absolute atomic E-state index is 4.02. The van der Waals surface area contributed by atoms with Gasteiger partial charge < -0.3 is 5.32 Å². The Balaban J connectivity index is 2.25. The first-order valence-corrected chi connectivity index (χ1v) is 5.75. The highest BCUT2D eigenvalue weighted by molar-refractivity contribution is 9.10. The minimum Gasteiger partial charge on any atom is -0.311 e. The highest BCUT2D eigenvalue weighted by Gasteiger charge is 2.31. The molecule has 0 spiro atoms. The van der Waals surface area contributed by atoms with Crippen LogP contribution in [0.3, 0.4) is 0 Å². The number of aryl methyl sites for hydroxylation is 1. The molecule has 5 heteroatoms. The van der Waals surface area contributed by atoms with E-state index in [1.165, 1.54) is 19.3 Å². The van der Waals surface area contributed by atoms with Gasteiger partial charge in [-0.1, -0.05) is 11.6 Å². The molecule has 1 aromatic heterocycles. The van der Waals surface area contributed by atoms with Crippen LogP contribution in [0.15, 0.2) is 4.60 Å². The Labute approximate surface area is 92.2 Å². The number of rotatable bonds is 3. The summed E-state index contributed by atoms with van der Waals surface area (Å²) in [7, 11) is 3.94. The van der Waals surface area contributed by atoms with Crippen LogP contribution < -0.4 is 5.32 Å². The number of aromatic nitrogens is 3. The van der Waals surface area contributed by atoms with E-state index in [2.05, 4.69) is 31.6 Å². The Kier molecular flexibility index (Phi) is 2.88. The molecule has 1 unspecified atom stereocenters. The minimum atomic E-state index is 0.387. The normalized spacial score (nSPS) is 19.4. The molecule has 1 aliphatic rings. The van der Waals surface area contributed by atoms with Gasteiger partial charge in [0.25, 0.3) is 0 Å². The molecule has 0 amide bonds. The topological polar surface area (TPSA) is 42.7 Å². The van der Waals surface area contributed by atoms with Gasteiger partial charge in [-0.3, -0.25) is 0 Å². The van der Waals surface area contributed by atoms with Crippen molar-refractivity contribution in [3.63, 3.8) is 0 Å². The Morgan fingerprint density at radius 3 is 2.64 bits per heavy atom. The predicted molar refractivity (Wildman–Crippen MR) is 57.8 cm³/mol. The lowest BCUT2D eigenvalue weighted by Crippen LogP contribution is -2.31. The summed E-state index contributed by atoms with van der Waals surface area (Å²) in [4.78, 5) is 0. The van der Waals surface area contributed by atoms with Gasteiger partial charge in [0.05, 0.1) is 11.7 Å². The fourth-order valence-corrected chi connectivity index (χ4v) is 2.61. The highest BCUT2D eigenvalue weighted by atomic mass is 79.9. The van der Waals surface area contributed by atoms with Gasteiger partial charge in [-0.2, -0.15) is 0 Å². The average Bonchev–Trinajstić information content (AvgIpc) is 2.40. The third kappa shape index (κ3) is 1.59. The van der Waals surface area contributed by atoms with Crippen molar-refractivity contribution >= 4 is 15.9 Å². The fraction of sp³-hybridized carbons (Fsp3) is 0.778. The molecule has 0 aliphatic heterocycles. The van der Waals surface area contributed by atoms with E-state index in [0.29, 0.717) is 6.04 Å². The van der Waals surface area contributed by atoms with Gasteiger partial charge in [-0.05, 0) is 41.7 Å². The van der Waals surface area contributed by atoms with Gasteiger partial charge in [-0.25, -0.2) is 4.68 Å². The minimum absolute atomic E-state index is 0.387. The van der Waals surface area contributed by atoms with Crippen LogP contribution >= 0.6 is 15.9 Å². The predicted octanol–water partition coefficient (Wildman–Crippen LogP) is 1.64. The standard InChI is InChI=1S/C9H15BrN4/c1-11-7(6-4-3-5-6)8-9(10)12-13-14(8)2/h6-7,11H,3-5H2,1-2H3. The van der Waals surface area contributed by atoms with Crippen LogP contribution in [0.25, 0.3) is 0 Å². The summed E-state index contributed by atoms with van der Waals surface area (Å²) in [6.45, 7) is 0. The number of halogens is 1. The molecule has 0 saturated heterocycles. The van der Waals surface area contributed by atoms with E-state index in [9.17, 15) is 0 Å². The average molecular weight is 259 g/mol. The van der Waals surface area contributed by atoms with Crippen molar-refractivity contribution in [3.8, 4) is 0 Å². The van der Waals surface area contributed by atoms with Crippen LogP contribution in [0, 0.1) is 5.92 Å². The first-order valence-electron chi connectivity index (χ1n) is 4.96. The summed E-state index contributed by atoms with van der Waals surface area (Å²) in [6.07, 6.45) is 3.97. The Morgan fingerprint density at radius 1 is 1.57 bits per heavy atom. The molecule has 14 heavy (non-hydrogen) atoms. The van der Waals surface area contributed by atoms with E-state index >= 15 is 0 Å². The van der Waals surface area contributed by atoms with Gasteiger partial charge in [-0.15, -0.1) is 5.10 Å². The second-order valence-electron chi connectivity index (χ2n) is 3.85. The molecule has 1 atom stereocenters. The number of nitrogens with one attached hydrogen (secondary N) is 1. The van der Waals surface area contributed by atoms with Crippen LogP contribution in [-0.2, 0) is 7.05 Å². The summed E-state index contributed by atoms with van der Waals surface area (Å²) < 4.78 is 2.72. The summed E-state index contributed by atoms with van der Waals surface area (Å²) in [5, 5.41) is 11.4. The molecule has 1 aromatic rings.